The summed E-state index contributed by atoms with van der Waals surface area (Å²) < 4.78 is 0. The van der Waals surface area contributed by atoms with Crippen molar-refractivity contribution in [2.45, 2.75) is 6.42 Å². The van der Waals surface area contributed by atoms with Crippen molar-refractivity contribution in [2.75, 3.05) is 23.7 Å². The average molecular weight is 176 g/mol. The first-order valence-electron chi connectivity index (χ1n) is 4.38. The van der Waals surface area contributed by atoms with Crippen LogP contribution in [0, 0.1) is 0 Å². The fourth-order valence-electron chi connectivity index (χ4n) is 1.61. The second-order valence-corrected chi connectivity index (χ2v) is 3.27. The minimum atomic E-state index is 0.295. The van der Waals surface area contributed by atoms with Crippen molar-refractivity contribution in [3.05, 3.63) is 24.3 Å². The Morgan fingerprint density at radius 3 is 2.69 bits per heavy atom. The number of Topliss-reactive ketones (excluding diaryl/α,β-unsaturated/α-hetero) is 1. The summed E-state index contributed by atoms with van der Waals surface area (Å²) in [5.74, 6) is 0.295. The summed E-state index contributed by atoms with van der Waals surface area (Å²) in [6, 6.07) is 7.65. The van der Waals surface area contributed by atoms with Crippen LogP contribution in [0.5, 0.6) is 0 Å². The fourth-order valence-corrected chi connectivity index (χ4v) is 1.61. The van der Waals surface area contributed by atoms with Gasteiger partial charge in [-0.05, 0) is 12.1 Å². The third-order valence-electron chi connectivity index (χ3n) is 2.31. The molecule has 0 saturated carbocycles. The Labute approximate surface area is 77.1 Å². The molecule has 1 fully saturated rings. The second-order valence-electron chi connectivity index (χ2n) is 3.27. The Bertz CT molecular complexity index is 335. The number of nitrogen functional groups attached to an aromatic ring is 1. The zero-order valence-electron chi connectivity index (χ0n) is 7.36. The molecule has 0 bridgehead atoms. The van der Waals surface area contributed by atoms with Crippen LogP contribution in [0.1, 0.15) is 6.42 Å². The van der Waals surface area contributed by atoms with E-state index in [4.69, 9.17) is 5.73 Å². The summed E-state index contributed by atoms with van der Waals surface area (Å²) in [6.07, 6.45) is 0.647. The van der Waals surface area contributed by atoms with Crippen molar-refractivity contribution in [1.82, 2.24) is 0 Å². The molecule has 1 saturated heterocycles. The normalized spacial score (nSPS) is 16.6. The van der Waals surface area contributed by atoms with Crippen LogP contribution in [0.4, 0.5) is 11.4 Å². The van der Waals surface area contributed by atoms with E-state index in [1.54, 1.807) is 0 Å². The summed E-state index contributed by atoms with van der Waals surface area (Å²) >= 11 is 0. The van der Waals surface area contributed by atoms with Crippen molar-refractivity contribution in [1.29, 1.82) is 0 Å². The number of nitrogens with two attached hydrogens (primary N) is 1. The Kier molecular flexibility index (Phi) is 1.93. The first kappa shape index (κ1) is 8.10. The fraction of sp³-hybridized carbons (Fsp3) is 0.300. The van der Waals surface area contributed by atoms with Crippen molar-refractivity contribution in [2.24, 2.45) is 0 Å². The van der Waals surface area contributed by atoms with Crippen LogP contribution in [0.3, 0.4) is 0 Å². The molecule has 3 heteroatoms. The molecule has 2 N–H and O–H groups in total. The SMILES string of the molecule is Nc1ccccc1N1CCC(=O)C1. The predicted octanol–water partition coefficient (Wildman–Crippen LogP) is 1.05. The van der Waals surface area contributed by atoms with Gasteiger partial charge in [-0.25, -0.2) is 0 Å². The Morgan fingerprint density at radius 2 is 2.08 bits per heavy atom. The maximum atomic E-state index is 11.1. The van der Waals surface area contributed by atoms with Crippen LogP contribution in [-0.2, 0) is 4.79 Å². The lowest BCUT2D eigenvalue weighted by atomic mass is 10.2. The van der Waals surface area contributed by atoms with Crippen molar-refractivity contribution < 1.29 is 4.79 Å². The molecule has 1 aromatic rings. The highest BCUT2D eigenvalue weighted by molar-refractivity contribution is 5.88. The topological polar surface area (TPSA) is 46.3 Å². The molecule has 68 valence electrons. The van der Waals surface area contributed by atoms with E-state index in [1.165, 1.54) is 0 Å². The first-order chi connectivity index (χ1) is 6.27. The van der Waals surface area contributed by atoms with Crippen molar-refractivity contribution >= 4 is 17.2 Å². The van der Waals surface area contributed by atoms with E-state index in [2.05, 4.69) is 0 Å². The summed E-state index contributed by atoms with van der Waals surface area (Å²) in [7, 11) is 0. The molecule has 1 aliphatic heterocycles. The number of rotatable bonds is 1. The van der Waals surface area contributed by atoms with E-state index in [9.17, 15) is 4.79 Å². The van der Waals surface area contributed by atoms with Crippen LogP contribution < -0.4 is 10.6 Å². The molecule has 1 heterocycles. The molecule has 0 radical (unpaired) electrons. The second kappa shape index (κ2) is 3.09. The maximum absolute atomic E-state index is 11.1. The Morgan fingerprint density at radius 1 is 1.31 bits per heavy atom. The summed E-state index contributed by atoms with van der Waals surface area (Å²) in [5.41, 5.74) is 7.52. The monoisotopic (exact) mass is 176 g/mol. The van der Waals surface area contributed by atoms with Crippen molar-refractivity contribution in [3.8, 4) is 0 Å². The molecular formula is C10H12N2O. The largest absolute Gasteiger partial charge is 0.397 e. The van der Waals surface area contributed by atoms with Crippen molar-refractivity contribution in [3.63, 3.8) is 0 Å². The number of carbonyl (C=O) groups is 1. The number of carbonyl (C=O) groups excluding carboxylic acids is 1. The number of benzene rings is 1. The molecule has 0 aliphatic carbocycles. The van der Waals surface area contributed by atoms with Crippen LogP contribution in [0.15, 0.2) is 24.3 Å². The highest BCUT2D eigenvalue weighted by Crippen LogP contribution is 2.24. The van der Waals surface area contributed by atoms with Gasteiger partial charge < -0.3 is 10.6 Å². The minimum Gasteiger partial charge on any atom is -0.397 e. The average Bonchev–Trinajstić information content (AvgIpc) is 2.53. The van der Waals surface area contributed by atoms with Gasteiger partial charge in [0.05, 0.1) is 17.9 Å². The van der Waals surface area contributed by atoms with Gasteiger partial charge in [0.2, 0.25) is 0 Å². The Hall–Kier alpha value is -1.51. The summed E-state index contributed by atoms with van der Waals surface area (Å²) in [4.78, 5) is 13.1. The van der Waals surface area contributed by atoms with E-state index in [1.807, 2.05) is 29.2 Å². The van der Waals surface area contributed by atoms with Gasteiger partial charge in [-0.3, -0.25) is 4.79 Å². The molecule has 0 spiro atoms. The summed E-state index contributed by atoms with van der Waals surface area (Å²) in [6.45, 7) is 1.31. The van der Waals surface area contributed by atoms with E-state index >= 15 is 0 Å². The number of para-hydroxylation sites is 2. The number of ketones is 1. The van der Waals surface area contributed by atoms with Gasteiger partial charge in [0, 0.05) is 13.0 Å². The summed E-state index contributed by atoms with van der Waals surface area (Å²) in [5, 5.41) is 0. The third kappa shape index (κ3) is 1.49. The number of nitrogens with zero attached hydrogens (tertiary/aromatic N) is 1. The van der Waals surface area contributed by atoms with E-state index < -0.39 is 0 Å². The minimum absolute atomic E-state index is 0.295. The molecule has 0 unspecified atom stereocenters. The zero-order chi connectivity index (χ0) is 9.26. The third-order valence-corrected chi connectivity index (χ3v) is 2.31. The van der Waals surface area contributed by atoms with Gasteiger partial charge >= 0.3 is 0 Å². The molecule has 13 heavy (non-hydrogen) atoms. The lowest BCUT2D eigenvalue weighted by Gasteiger charge is -2.18. The van der Waals surface area contributed by atoms with Gasteiger partial charge in [0.15, 0.2) is 5.78 Å². The van der Waals surface area contributed by atoms with E-state index in [0.717, 1.165) is 17.9 Å². The quantitative estimate of drug-likeness (QED) is 0.650. The highest BCUT2D eigenvalue weighted by atomic mass is 16.1. The van der Waals surface area contributed by atoms with Gasteiger partial charge in [0.1, 0.15) is 0 Å². The Balaban J connectivity index is 2.26. The molecule has 3 nitrogen and oxygen atoms in total. The molecule has 1 aromatic carbocycles. The number of hydrogen-bond acceptors (Lipinski definition) is 3. The molecule has 2 rings (SSSR count). The predicted molar refractivity (Wildman–Crippen MR) is 52.7 cm³/mol. The van der Waals surface area contributed by atoms with Gasteiger partial charge in [-0.2, -0.15) is 0 Å². The van der Waals surface area contributed by atoms with Gasteiger partial charge in [-0.1, -0.05) is 12.1 Å². The van der Waals surface area contributed by atoms with Gasteiger partial charge in [-0.15, -0.1) is 0 Å². The lowest BCUT2D eigenvalue weighted by Crippen LogP contribution is -2.20. The molecule has 0 aromatic heterocycles. The molecular weight excluding hydrogens is 164 g/mol. The maximum Gasteiger partial charge on any atom is 0.153 e. The van der Waals surface area contributed by atoms with Crippen LogP contribution in [-0.4, -0.2) is 18.9 Å². The molecule has 1 aliphatic rings. The lowest BCUT2D eigenvalue weighted by molar-refractivity contribution is -0.116. The zero-order valence-corrected chi connectivity index (χ0v) is 7.36. The van der Waals surface area contributed by atoms with E-state index in [0.29, 0.717) is 18.7 Å². The molecule has 0 amide bonds. The standard InChI is InChI=1S/C10H12N2O/c11-9-3-1-2-4-10(9)12-6-5-8(13)7-12/h1-4H,5-7,11H2. The molecule has 0 atom stereocenters. The van der Waals surface area contributed by atoms with Crippen LogP contribution >= 0.6 is 0 Å². The van der Waals surface area contributed by atoms with E-state index in [-0.39, 0.29) is 0 Å². The first-order valence-corrected chi connectivity index (χ1v) is 4.38. The number of anilines is 2. The smallest absolute Gasteiger partial charge is 0.153 e. The number of hydrogen-bond donors (Lipinski definition) is 1. The van der Waals surface area contributed by atoms with Crippen LogP contribution in [0.25, 0.3) is 0 Å². The van der Waals surface area contributed by atoms with Gasteiger partial charge in [0.25, 0.3) is 0 Å². The van der Waals surface area contributed by atoms with Crippen LogP contribution in [0.2, 0.25) is 0 Å². The highest BCUT2D eigenvalue weighted by Gasteiger charge is 2.20.